The van der Waals surface area contributed by atoms with E-state index in [4.69, 9.17) is 23.2 Å². The highest BCUT2D eigenvalue weighted by Crippen LogP contribution is 2.40. The number of hydrogen-bond acceptors (Lipinski definition) is 4. The summed E-state index contributed by atoms with van der Waals surface area (Å²) in [6.45, 7) is 0. The topological polar surface area (TPSA) is 51.6 Å². The van der Waals surface area contributed by atoms with Crippen molar-refractivity contribution in [3.63, 3.8) is 0 Å². The van der Waals surface area contributed by atoms with Gasteiger partial charge in [-0.3, -0.25) is 0 Å². The maximum absolute atomic E-state index is 6.27. The first-order valence-corrected chi connectivity index (χ1v) is 7.01. The van der Waals surface area contributed by atoms with Crippen molar-refractivity contribution in [3.8, 4) is 11.6 Å². The Kier molecular flexibility index (Phi) is 3.62. The van der Waals surface area contributed by atoms with Gasteiger partial charge in [-0.05, 0) is 24.8 Å². The van der Waals surface area contributed by atoms with Crippen LogP contribution in [0.3, 0.4) is 0 Å². The van der Waals surface area contributed by atoms with Crippen molar-refractivity contribution in [1.29, 1.82) is 0 Å². The van der Waals surface area contributed by atoms with E-state index in [1.165, 1.54) is 12.8 Å². The summed E-state index contributed by atoms with van der Waals surface area (Å²) in [6, 6.07) is 1.74. The molecule has 0 unspecified atom stereocenters. The molecule has 1 aliphatic carbocycles. The molecule has 0 spiro atoms. The minimum atomic E-state index is 0.373. The summed E-state index contributed by atoms with van der Waals surface area (Å²) in [5.74, 6) is 1.19. The summed E-state index contributed by atoms with van der Waals surface area (Å²) >= 11 is 12.5. The molecule has 1 fully saturated rings. The molecule has 0 saturated heterocycles. The number of nitrogens with zero attached hydrogens (tertiary/aromatic N) is 4. The molecule has 0 amide bonds. The van der Waals surface area contributed by atoms with E-state index in [1.54, 1.807) is 18.5 Å². The third-order valence-electron chi connectivity index (χ3n) is 3.38. The Morgan fingerprint density at radius 1 is 0.895 bits per heavy atom. The average Bonchev–Trinajstić information content (AvgIpc) is 2.93. The molecule has 19 heavy (non-hydrogen) atoms. The molecule has 0 radical (unpaired) electrons. The second kappa shape index (κ2) is 5.39. The van der Waals surface area contributed by atoms with Crippen molar-refractivity contribution in [1.82, 2.24) is 19.9 Å². The van der Waals surface area contributed by atoms with E-state index in [0.717, 1.165) is 18.4 Å². The first-order valence-electron chi connectivity index (χ1n) is 6.26. The number of rotatable bonds is 2. The number of hydrogen-bond donors (Lipinski definition) is 0. The highest BCUT2D eigenvalue weighted by atomic mass is 35.5. The standard InChI is InChI=1S/C13H12Cl2N4/c14-10-9(8-4-1-2-5-8)11(15)19-13(18-10)12-16-6-3-7-17-12/h3,6-8H,1-2,4-5H2. The quantitative estimate of drug-likeness (QED) is 0.788. The van der Waals surface area contributed by atoms with E-state index in [2.05, 4.69) is 19.9 Å². The molecule has 3 rings (SSSR count). The van der Waals surface area contributed by atoms with Gasteiger partial charge in [0.25, 0.3) is 0 Å². The maximum atomic E-state index is 6.27. The van der Waals surface area contributed by atoms with Crippen LogP contribution in [0, 0.1) is 0 Å². The average molecular weight is 295 g/mol. The summed E-state index contributed by atoms with van der Waals surface area (Å²) in [5.41, 5.74) is 0.875. The minimum Gasteiger partial charge on any atom is -0.234 e. The molecule has 1 saturated carbocycles. The van der Waals surface area contributed by atoms with Gasteiger partial charge in [0.2, 0.25) is 5.82 Å². The van der Waals surface area contributed by atoms with Gasteiger partial charge in [0, 0.05) is 18.0 Å². The van der Waals surface area contributed by atoms with Crippen LogP contribution < -0.4 is 0 Å². The van der Waals surface area contributed by atoms with Crippen LogP contribution in [-0.2, 0) is 0 Å². The maximum Gasteiger partial charge on any atom is 0.200 e. The summed E-state index contributed by atoms with van der Waals surface area (Å²) in [7, 11) is 0. The Morgan fingerprint density at radius 2 is 1.47 bits per heavy atom. The first kappa shape index (κ1) is 12.8. The van der Waals surface area contributed by atoms with E-state index in [1.807, 2.05) is 0 Å². The van der Waals surface area contributed by atoms with Gasteiger partial charge in [-0.2, -0.15) is 0 Å². The van der Waals surface area contributed by atoms with Crippen molar-refractivity contribution < 1.29 is 0 Å². The normalized spacial score (nSPS) is 15.9. The highest BCUT2D eigenvalue weighted by molar-refractivity contribution is 6.34. The van der Waals surface area contributed by atoms with Gasteiger partial charge < -0.3 is 0 Å². The molecule has 1 aliphatic rings. The zero-order chi connectivity index (χ0) is 13.2. The molecule has 0 N–H and O–H groups in total. The molecule has 2 heterocycles. The number of halogens is 2. The second-order valence-electron chi connectivity index (χ2n) is 4.60. The lowest BCUT2D eigenvalue weighted by Gasteiger charge is -2.13. The molecule has 0 aliphatic heterocycles. The second-order valence-corrected chi connectivity index (χ2v) is 5.31. The van der Waals surface area contributed by atoms with E-state index < -0.39 is 0 Å². The number of aromatic nitrogens is 4. The van der Waals surface area contributed by atoms with Crippen LogP contribution in [0.5, 0.6) is 0 Å². The van der Waals surface area contributed by atoms with Crippen LogP contribution >= 0.6 is 23.2 Å². The Morgan fingerprint density at radius 3 is 2.05 bits per heavy atom. The molecular weight excluding hydrogens is 283 g/mol. The molecule has 6 heteroatoms. The third kappa shape index (κ3) is 2.55. The fraction of sp³-hybridized carbons (Fsp3) is 0.385. The highest BCUT2D eigenvalue weighted by Gasteiger charge is 2.25. The molecule has 0 bridgehead atoms. The van der Waals surface area contributed by atoms with Crippen molar-refractivity contribution in [3.05, 3.63) is 34.3 Å². The summed E-state index contributed by atoms with van der Waals surface area (Å²) in [4.78, 5) is 16.8. The molecule has 0 aromatic carbocycles. The zero-order valence-electron chi connectivity index (χ0n) is 10.2. The van der Waals surface area contributed by atoms with Crippen LogP contribution in [0.2, 0.25) is 10.3 Å². The van der Waals surface area contributed by atoms with E-state index in [-0.39, 0.29) is 0 Å². The molecule has 98 valence electrons. The lowest BCUT2D eigenvalue weighted by Crippen LogP contribution is -2.03. The van der Waals surface area contributed by atoms with Crippen molar-refractivity contribution in [2.45, 2.75) is 31.6 Å². The Bertz CT molecular complexity index is 559. The lowest BCUT2D eigenvalue weighted by molar-refractivity contribution is 0.715. The van der Waals surface area contributed by atoms with Crippen molar-refractivity contribution in [2.75, 3.05) is 0 Å². The summed E-state index contributed by atoms with van der Waals surface area (Å²) < 4.78 is 0. The van der Waals surface area contributed by atoms with Gasteiger partial charge in [-0.25, -0.2) is 19.9 Å². The van der Waals surface area contributed by atoms with E-state index in [9.17, 15) is 0 Å². The smallest absolute Gasteiger partial charge is 0.200 e. The Labute approximate surface area is 121 Å². The van der Waals surface area contributed by atoms with Gasteiger partial charge in [0.05, 0.1) is 0 Å². The molecule has 0 atom stereocenters. The Hall–Kier alpha value is -1.26. The van der Waals surface area contributed by atoms with Crippen molar-refractivity contribution >= 4 is 23.2 Å². The minimum absolute atomic E-state index is 0.373. The third-order valence-corrected chi connectivity index (χ3v) is 3.96. The predicted octanol–water partition coefficient (Wildman–Crippen LogP) is 3.90. The fourth-order valence-corrected chi connectivity index (χ4v) is 3.18. The van der Waals surface area contributed by atoms with Gasteiger partial charge >= 0.3 is 0 Å². The largest absolute Gasteiger partial charge is 0.234 e. The zero-order valence-corrected chi connectivity index (χ0v) is 11.7. The molecular formula is C13H12Cl2N4. The van der Waals surface area contributed by atoms with Gasteiger partial charge in [0.1, 0.15) is 10.3 Å². The van der Waals surface area contributed by atoms with Gasteiger partial charge in [0.15, 0.2) is 5.82 Å². The van der Waals surface area contributed by atoms with Crippen LogP contribution in [0.25, 0.3) is 11.6 Å². The first-order chi connectivity index (χ1) is 9.25. The van der Waals surface area contributed by atoms with E-state index >= 15 is 0 Å². The van der Waals surface area contributed by atoms with Gasteiger partial charge in [-0.1, -0.05) is 36.0 Å². The SMILES string of the molecule is Clc1nc(-c2ncccn2)nc(Cl)c1C1CCCC1. The molecule has 2 aromatic rings. The lowest BCUT2D eigenvalue weighted by atomic mass is 10.0. The van der Waals surface area contributed by atoms with Crippen LogP contribution in [0.1, 0.15) is 37.2 Å². The fourth-order valence-electron chi connectivity index (χ4n) is 2.48. The van der Waals surface area contributed by atoms with Gasteiger partial charge in [-0.15, -0.1) is 0 Å². The van der Waals surface area contributed by atoms with Crippen LogP contribution in [0.4, 0.5) is 0 Å². The molecule has 4 nitrogen and oxygen atoms in total. The molecule has 2 aromatic heterocycles. The van der Waals surface area contributed by atoms with Crippen LogP contribution in [-0.4, -0.2) is 19.9 Å². The Balaban J connectivity index is 2.02. The summed E-state index contributed by atoms with van der Waals surface area (Å²) in [6.07, 6.45) is 7.90. The van der Waals surface area contributed by atoms with E-state index in [0.29, 0.717) is 27.9 Å². The predicted molar refractivity (Wildman–Crippen MR) is 74.3 cm³/mol. The monoisotopic (exact) mass is 294 g/mol. The van der Waals surface area contributed by atoms with Crippen molar-refractivity contribution in [2.24, 2.45) is 0 Å². The summed E-state index contributed by atoms with van der Waals surface area (Å²) in [5, 5.41) is 0.851. The van der Waals surface area contributed by atoms with Crippen LogP contribution in [0.15, 0.2) is 18.5 Å².